The minimum atomic E-state index is -0.531. The van der Waals surface area contributed by atoms with Crippen LogP contribution in [0, 0.1) is 0 Å². The third kappa shape index (κ3) is 4.41. The number of halogens is 2. The number of ketones is 2. The second-order valence-electron chi connectivity index (χ2n) is 8.24. The first kappa shape index (κ1) is 22.5. The van der Waals surface area contributed by atoms with Crippen molar-refractivity contribution in [3.8, 4) is 0 Å². The van der Waals surface area contributed by atoms with Gasteiger partial charge in [-0.1, -0.05) is 70.0 Å². The molecule has 0 fully saturated rings. The summed E-state index contributed by atoms with van der Waals surface area (Å²) in [5.74, 6) is -0.0421. The smallest absolute Gasteiger partial charge is 0.227 e. The van der Waals surface area contributed by atoms with E-state index < -0.39 is 6.04 Å². The van der Waals surface area contributed by atoms with Crippen LogP contribution in [0.2, 0.25) is 5.02 Å². The molecule has 2 heterocycles. The number of rotatable bonds is 6. The Morgan fingerprint density at radius 2 is 1.53 bits per heavy atom. The number of carbonyl (C=O) groups is 2. The molecule has 0 saturated heterocycles. The van der Waals surface area contributed by atoms with Gasteiger partial charge in [-0.15, -0.1) is 0 Å². The summed E-state index contributed by atoms with van der Waals surface area (Å²) in [5.41, 5.74) is 3.06. The zero-order valence-corrected chi connectivity index (χ0v) is 20.5. The molecular weight excluding hydrogens is 512 g/mol. The molecule has 34 heavy (non-hydrogen) atoms. The van der Waals surface area contributed by atoms with E-state index in [-0.39, 0.29) is 24.2 Å². The topological polar surface area (TPSA) is 42.1 Å². The van der Waals surface area contributed by atoms with Gasteiger partial charge in [0, 0.05) is 32.4 Å². The van der Waals surface area contributed by atoms with Crippen molar-refractivity contribution < 1.29 is 14.2 Å². The summed E-state index contributed by atoms with van der Waals surface area (Å²) in [4.78, 5) is 27.2. The molecule has 0 unspecified atom stereocenters. The van der Waals surface area contributed by atoms with Crippen molar-refractivity contribution in [2.24, 2.45) is 0 Å². The molecule has 168 valence electrons. The van der Waals surface area contributed by atoms with E-state index in [0.29, 0.717) is 16.1 Å². The van der Waals surface area contributed by atoms with Crippen LogP contribution in [0.25, 0.3) is 0 Å². The lowest BCUT2D eigenvalue weighted by Crippen LogP contribution is -2.40. The van der Waals surface area contributed by atoms with Crippen LogP contribution in [0.3, 0.4) is 0 Å². The Kier molecular flexibility index (Phi) is 6.31. The van der Waals surface area contributed by atoms with Crippen molar-refractivity contribution in [2.45, 2.75) is 12.1 Å². The van der Waals surface area contributed by atoms with E-state index in [2.05, 4.69) is 15.9 Å². The maximum Gasteiger partial charge on any atom is 0.227 e. The average molecular weight is 533 g/mol. The van der Waals surface area contributed by atoms with Crippen molar-refractivity contribution >= 4 is 45.3 Å². The monoisotopic (exact) mass is 531 g/mol. The van der Waals surface area contributed by atoms with Crippen LogP contribution < -0.4 is 0 Å². The van der Waals surface area contributed by atoms with Crippen molar-refractivity contribution in [3.63, 3.8) is 0 Å². The molecule has 2 atom stereocenters. The van der Waals surface area contributed by atoms with Gasteiger partial charge >= 0.3 is 0 Å². The van der Waals surface area contributed by atoms with Gasteiger partial charge in [0.25, 0.3) is 0 Å². The van der Waals surface area contributed by atoms with Crippen LogP contribution in [0.1, 0.15) is 44.1 Å². The lowest BCUT2D eigenvalue weighted by atomic mass is 9.90. The van der Waals surface area contributed by atoms with Crippen LogP contribution in [-0.4, -0.2) is 33.5 Å². The van der Waals surface area contributed by atoms with Gasteiger partial charge in [-0.3, -0.25) is 9.59 Å². The number of hydrogen-bond acceptors (Lipinski definition) is 2. The third-order valence-electron chi connectivity index (χ3n) is 6.10. The van der Waals surface area contributed by atoms with E-state index in [1.807, 2.05) is 88.3 Å². The second kappa shape index (κ2) is 9.53. The van der Waals surface area contributed by atoms with Crippen LogP contribution in [0.15, 0.2) is 102 Å². The standard InChI is InChI=1S/C28H21BrClN2O2/c29-22-12-8-21(9-13-22)28(34)27-26(20-5-2-1-3-6-20)31(17-24-7-4-16-32(24)27)18-25(33)19-10-14-23(30)15-11-19/h1-17,26-27H,18H2/q+1/t26-,27+/m1/s1. The summed E-state index contributed by atoms with van der Waals surface area (Å²) >= 11 is 9.45. The first-order valence-electron chi connectivity index (χ1n) is 10.9. The highest BCUT2D eigenvalue weighted by molar-refractivity contribution is 9.10. The first-order valence-corrected chi connectivity index (χ1v) is 12.1. The maximum atomic E-state index is 13.9. The molecule has 0 aliphatic carbocycles. The fourth-order valence-corrected chi connectivity index (χ4v) is 4.86. The SMILES string of the molecule is O=C(C[N+]1=Cc2cccn2[C@H](C(=O)c2ccc(Br)cc2)[C@H]1c1ccccc1)c1ccc(Cl)cc1. The summed E-state index contributed by atoms with van der Waals surface area (Å²) < 4.78 is 4.91. The molecule has 0 bridgehead atoms. The Balaban J connectivity index is 1.60. The number of Topliss-reactive ketones (excluding diaryl/α,β-unsaturated/α-hetero) is 2. The zero-order valence-electron chi connectivity index (χ0n) is 18.1. The highest BCUT2D eigenvalue weighted by atomic mass is 79.9. The molecule has 6 heteroatoms. The highest BCUT2D eigenvalue weighted by Crippen LogP contribution is 2.36. The molecule has 5 rings (SSSR count). The molecule has 3 aromatic carbocycles. The lowest BCUT2D eigenvalue weighted by Gasteiger charge is -2.30. The minimum absolute atomic E-state index is 0.00385. The van der Waals surface area contributed by atoms with E-state index in [1.54, 1.807) is 24.3 Å². The molecule has 4 nitrogen and oxygen atoms in total. The predicted octanol–water partition coefficient (Wildman–Crippen LogP) is 6.40. The number of benzene rings is 3. The summed E-state index contributed by atoms with van der Waals surface area (Å²) in [6, 6.07) is 27.2. The van der Waals surface area contributed by atoms with Gasteiger partial charge in [-0.05, 0) is 48.5 Å². The fourth-order valence-electron chi connectivity index (χ4n) is 4.47. The van der Waals surface area contributed by atoms with E-state index in [4.69, 9.17) is 11.6 Å². The number of fused-ring (bicyclic) bond motifs is 1. The normalized spacial score (nSPS) is 17.1. The van der Waals surface area contributed by atoms with Gasteiger partial charge in [-0.2, -0.15) is 0 Å². The number of aromatic nitrogens is 1. The van der Waals surface area contributed by atoms with Crippen LogP contribution >= 0.6 is 27.5 Å². The minimum Gasteiger partial charge on any atom is -0.326 e. The van der Waals surface area contributed by atoms with Gasteiger partial charge in [0.1, 0.15) is 5.69 Å². The number of carbonyl (C=O) groups excluding carboxylic acids is 2. The average Bonchev–Trinajstić information content (AvgIpc) is 3.32. The number of nitrogens with zero attached hydrogens (tertiary/aromatic N) is 2. The Hall–Kier alpha value is -3.28. The van der Waals surface area contributed by atoms with E-state index in [0.717, 1.165) is 15.7 Å². The predicted molar refractivity (Wildman–Crippen MR) is 137 cm³/mol. The van der Waals surface area contributed by atoms with E-state index >= 15 is 0 Å². The van der Waals surface area contributed by atoms with Gasteiger partial charge < -0.3 is 4.57 Å². The molecule has 1 aromatic heterocycles. The molecule has 0 amide bonds. The Bertz CT molecular complexity index is 1380. The summed E-state index contributed by atoms with van der Waals surface area (Å²) in [6.45, 7) is 0.135. The zero-order chi connectivity index (χ0) is 23.7. The molecule has 4 aromatic rings. The summed E-state index contributed by atoms with van der Waals surface area (Å²) in [6.07, 6.45) is 3.90. The molecule has 1 aliphatic heterocycles. The van der Waals surface area contributed by atoms with Gasteiger partial charge in [0.2, 0.25) is 18.4 Å². The van der Waals surface area contributed by atoms with E-state index in [9.17, 15) is 9.59 Å². The van der Waals surface area contributed by atoms with Gasteiger partial charge in [0.05, 0.1) is 0 Å². The largest absolute Gasteiger partial charge is 0.326 e. The van der Waals surface area contributed by atoms with Gasteiger partial charge in [0.15, 0.2) is 18.0 Å². The molecule has 1 aliphatic rings. The Labute approximate surface area is 211 Å². The first-order chi connectivity index (χ1) is 16.5. The van der Waals surface area contributed by atoms with E-state index in [1.165, 1.54) is 0 Å². The molecular formula is C28H21BrClN2O2+. The molecule has 0 saturated carbocycles. The Morgan fingerprint density at radius 3 is 2.24 bits per heavy atom. The molecule has 0 spiro atoms. The van der Waals surface area contributed by atoms with Crippen molar-refractivity contribution in [1.29, 1.82) is 0 Å². The quantitative estimate of drug-likeness (QED) is 0.213. The van der Waals surface area contributed by atoms with Crippen molar-refractivity contribution in [3.05, 3.63) is 129 Å². The van der Waals surface area contributed by atoms with Crippen molar-refractivity contribution in [1.82, 2.24) is 4.57 Å². The van der Waals surface area contributed by atoms with Crippen LogP contribution in [0.4, 0.5) is 0 Å². The van der Waals surface area contributed by atoms with Crippen LogP contribution in [0.5, 0.6) is 0 Å². The maximum absolute atomic E-state index is 13.9. The van der Waals surface area contributed by atoms with Gasteiger partial charge in [-0.25, -0.2) is 4.58 Å². The summed E-state index contributed by atoms with van der Waals surface area (Å²) in [7, 11) is 0. The third-order valence-corrected chi connectivity index (χ3v) is 6.88. The highest BCUT2D eigenvalue weighted by Gasteiger charge is 2.43. The molecule has 0 N–H and O–H groups in total. The Morgan fingerprint density at radius 1 is 0.853 bits per heavy atom. The second-order valence-corrected chi connectivity index (χ2v) is 9.60. The van der Waals surface area contributed by atoms with Crippen LogP contribution in [-0.2, 0) is 0 Å². The lowest BCUT2D eigenvalue weighted by molar-refractivity contribution is -0.563. The fraction of sp³-hybridized carbons (Fsp3) is 0.107. The van der Waals surface area contributed by atoms with Crippen molar-refractivity contribution in [2.75, 3.05) is 6.54 Å². The molecule has 0 radical (unpaired) electrons. The number of hydrogen-bond donors (Lipinski definition) is 0. The summed E-state index contributed by atoms with van der Waals surface area (Å²) in [5, 5.41) is 0.584.